The van der Waals surface area contributed by atoms with E-state index in [1.807, 2.05) is 24.3 Å². The predicted octanol–water partition coefficient (Wildman–Crippen LogP) is 5.88. The van der Waals surface area contributed by atoms with Crippen molar-refractivity contribution in [3.8, 4) is 11.5 Å². The number of carboxylic acid groups (broad SMARTS) is 1. The van der Waals surface area contributed by atoms with Crippen molar-refractivity contribution in [2.45, 2.75) is 78.2 Å². The van der Waals surface area contributed by atoms with Crippen molar-refractivity contribution >= 4 is 63.7 Å². The van der Waals surface area contributed by atoms with Crippen LogP contribution in [0.25, 0.3) is 10.8 Å². The number of methoxy groups -OCH3 is 1. The number of nitrogens with zero attached hydrogens (tertiary/aromatic N) is 1. The fourth-order valence-corrected chi connectivity index (χ4v) is 7.92. The lowest BCUT2D eigenvalue weighted by Gasteiger charge is -2.24. The number of benzene rings is 3. The van der Waals surface area contributed by atoms with Crippen molar-refractivity contribution < 1.29 is 81.2 Å². The molecule has 4 rings (SSSR count). The fourth-order valence-electron chi connectivity index (χ4n) is 7.67. The number of alkyl carbamates (subject to hydrolysis) is 1. The number of rotatable bonds is 38. The van der Waals surface area contributed by atoms with Gasteiger partial charge in [0.15, 0.2) is 0 Å². The Morgan fingerprint density at radius 3 is 1.73 bits per heavy atom. The average molecular weight is 1110 g/mol. The smallest absolute Gasteiger partial charge is 0.411 e. The van der Waals surface area contributed by atoms with Gasteiger partial charge >= 0.3 is 12.2 Å². The molecule has 77 heavy (non-hydrogen) atoms. The number of anilines is 2. The summed E-state index contributed by atoms with van der Waals surface area (Å²) in [5.74, 6) is -0.693. The summed E-state index contributed by atoms with van der Waals surface area (Å²) in [7, 11) is 1.47. The number of fused-ring (bicyclic) bond motifs is 3. The van der Waals surface area contributed by atoms with Gasteiger partial charge in [-0.25, -0.2) is 9.59 Å². The molecule has 3 aromatic carbocycles. The number of alkyl halides is 1. The van der Waals surface area contributed by atoms with Crippen molar-refractivity contribution in [3.05, 3.63) is 59.7 Å². The van der Waals surface area contributed by atoms with Crippen LogP contribution in [0, 0.1) is 5.92 Å². The molecule has 1 aliphatic heterocycles. The van der Waals surface area contributed by atoms with E-state index in [0.717, 1.165) is 21.9 Å². The monoisotopic (exact) mass is 1110 g/mol. The van der Waals surface area contributed by atoms with E-state index < -0.39 is 41.7 Å². The highest BCUT2D eigenvalue weighted by atomic mass is 35.5. The van der Waals surface area contributed by atoms with Crippen LogP contribution in [0.5, 0.6) is 11.5 Å². The lowest BCUT2D eigenvalue weighted by molar-refractivity contribution is -0.132. The summed E-state index contributed by atoms with van der Waals surface area (Å²) in [6.07, 6.45) is -1.52. The van der Waals surface area contributed by atoms with Gasteiger partial charge in [0.25, 0.3) is 0 Å². The zero-order chi connectivity index (χ0) is 56.0. The first-order valence-corrected chi connectivity index (χ1v) is 26.5. The van der Waals surface area contributed by atoms with Gasteiger partial charge in [-0.2, -0.15) is 0 Å². The molecule has 0 radical (unpaired) electrons. The Morgan fingerprint density at radius 1 is 0.688 bits per heavy atom. The van der Waals surface area contributed by atoms with E-state index in [-0.39, 0.29) is 56.4 Å². The van der Waals surface area contributed by atoms with Crippen LogP contribution in [0.15, 0.2) is 48.5 Å². The Morgan fingerprint density at radius 2 is 1.22 bits per heavy atom. The van der Waals surface area contributed by atoms with Crippen LogP contribution in [-0.2, 0) is 63.6 Å². The molecular weight excluding hydrogens is 1030 g/mol. The molecule has 23 heteroatoms. The van der Waals surface area contributed by atoms with E-state index in [4.69, 9.17) is 63.7 Å². The summed E-state index contributed by atoms with van der Waals surface area (Å²) in [5.41, 5.74) is 1.97. The Bertz CT molecular complexity index is 2280. The minimum atomic E-state index is -1.07. The molecule has 0 unspecified atom stereocenters. The van der Waals surface area contributed by atoms with Gasteiger partial charge in [0.05, 0.1) is 124 Å². The van der Waals surface area contributed by atoms with E-state index in [1.165, 1.54) is 12.0 Å². The Hall–Kier alpha value is -5.56. The molecule has 0 spiro atoms. The molecule has 0 bridgehead atoms. The number of halogens is 1. The van der Waals surface area contributed by atoms with Gasteiger partial charge in [-0.3, -0.25) is 19.3 Å². The maximum Gasteiger partial charge on any atom is 0.411 e. The summed E-state index contributed by atoms with van der Waals surface area (Å²) in [4.78, 5) is 64.4. The van der Waals surface area contributed by atoms with E-state index in [2.05, 4.69) is 21.3 Å². The standard InChI is InChI=1S/C54H80ClN5O17/c1-37(2)49(59-47(61)14-16-68-18-20-70-22-24-72-26-28-74-30-31-75-29-27-73-25-23-71-21-19-69-17-15-56-52(64)77-54(4,5)6)51(63)57-38(3)50(62)58-43-13-12-39(32-46(43)67-7)36-76-45-33-44-48(42-11-9-8-10-41(42)45)40(34-55)35-60(44)53(65)66/h8-13,32-33,37-38,40,49H,14-31,34-36H2,1-7H3,(H,56,64)(H,57,63)(H,58,62)(H,59,61)(H,65,66)/t38-,40+,49-/m0/s1. The molecule has 1 heterocycles. The molecule has 5 amide bonds. The minimum absolute atomic E-state index is 0.0194. The highest BCUT2D eigenvalue weighted by Gasteiger charge is 2.35. The first-order valence-electron chi connectivity index (χ1n) is 25.9. The maximum atomic E-state index is 13.3. The van der Waals surface area contributed by atoms with Gasteiger partial charge in [0.2, 0.25) is 17.7 Å². The lowest BCUT2D eigenvalue weighted by Crippen LogP contribution is -2.53. The summed E-state index contributed by atoms with van der Waals surface area (Å²) in [5, 5.41) is 22.5. The molecule has 0 aromatic heterocycles. The van der Waals surface area contributed by atoms with Crippen LogP contribution in [0.1, 0.15) is 65.0 Å². The van der Waals surface area contributed by atoms with E-state index in [9.17, 15) is 29.1 Å². The number of carbonyl (C=O) groups excluding carboxylic acids is 4. The zero-order valence-electron chi connectivity index (χ0n) is 45.6. The van der Waals surface area contributed by atoms with Gasteiger partial charge < -0.3 is 78.5 Å². The van der Waals surface area contributed by atoms with Gasteiger partial charge in [-0.15, -0.1) is 11.6 Å². The highest BCUT2D eigenvalue weighted by Crippen LogP contribution is 2.45. The quantitative estimate of drug-likeness (QED) is 0.0332. The van der Waals surface area contributed by atoms with Crippen molar-refractivity contribution in [2.75, 3.05) is 142 Å². The molecule has 430 valence electrons. The summed E-state index contributed by atoms with van der Waals surface area (Å²) < 4.78 is 61.0. The third-order valence-electron chi connectivity index (χ3n) is 11.5. The fraction of sp³-hybridized carbons (Fsp3) is 0.611. The average Bonchev–Trinajstić information content (AvgIpc) is 3.78. The number of hydrogen-bond acceptors (Lipinski definition) is 16. The van der Waals surface area contributed by atoms with Crippen LogP contribution in [-0.4, -0.2) is 184 Å². The van der Waals surface area contributed by atoms with E-state index in [1.54, 1.807) is 65.8 Å². The molecule has 5 N–H and O–H groups in total. The first-order chi connectivity index (χ1) is 37.0. The molecule has 22 nitrogen and oxygen atoms in total. The minimum Gasteiger partial charge on any atom is -0.495 e. The Labute approximate surface area is 456 Å². The zero-order valence-corrected chi connectivity index (χ0v) is 46.3. The van der Waals surface area contributed by atoms with Gasteiger partial charge in [-0.1, -0.05) is 44.2 Å². The Balaban J connectivity index is 0.993. The third kappa shape index (κ3) is 23.5. The largest absolute Gasteiger partial charge is 0.495 e. The lowest BCUT2D eigenvalue weighted by atomic mass is 9.95. The molecule has 3 atom stereocenters. The van der Waals surface area contributed by atoms with Gasteiger partial charge in [-0.05, 0) is 62.3 Å². The third-order valence-corrected chi connectivity index (χ3v) is 11.8. The van der Waals surface area contributed by atoms with Crippen LogP contribution in [0.4, 0.5) is 21.0 Å². The number of amides is 5. The SMILES string of the molecule is COc1cc(COc2cc3c(c4ccccc24)[C@H](CCl)CN3C(=O)O)ccc1NC(=O)[C@H](C)NC(=O)[C@@H](NC(=O)CCOCCOCCOCCOCCOCCOCCOCCOCCNC(=O)OC(C)(C)C)C(C)C. The topological polar surface area (TPSA) is 258 Å². The van der Waals surface area contributed by atoms with E-state index in [0.29, 0.717) is 122 Å². The molecule has 0 saturated carbocycles. The maximum absolute atomic E-state index is 13.3. The van der Waals surface area contributed by atoms with E-state index >= 15 is 0 Å². The molecule has 0 fully saturated rings. The Kier molecular flexibility index (Phi) is 29.1. The molecule has 0 saturated heterocycles. The first kappa shape index (κ1) is 64.0. The molecule has 3 aromatic rings. The molecule has 1 aliphatic rings. The summed E-state index contributed by atoms with van der Waals surface area (Å²) in [6.45, 7) is 17.3. The van der Waals surface area contributed by atoms with Crippen LogP contribution in [0.3, 0.4) is 0 Å². The van der Waals surface area contributed by atoms with Crippen molar-refractivity contribution in [3.63, 3.8) is 0 Å². The van der Waals surface area contributed by atoms with Crippen molar-refractivity contribution in [1.82, 2.24) is 16.0 Å². The number of nitrogens with one attached hydrogen (secondary N) is 4. The van der Waals surface area contributed by atoms with Crippen LogP contribution >= 0.6 is 11.6 Å². The van der Waals surface area contributed by atoms with Crippen molar-refractivity contribution in [1.29, 1.82) is 0 Å². The second kappa shape index (κ2) is 35.1. The normalized spacial score (nSPS) is 14.0. The van der Waals surface area contributed by atoms with Gasteiger partial charge in [0.1, 0.15) is 35.8 Å². The predicted molar refractivity (Wildman–Crippen MR) is 289 cm³/mol. The number of hydrogen-bond donors (Lipinski definition) is 5. The number of carbonyl (C=O) groups is 5. The van der Waals surface area contributed by atoms with Crippen molar-refractivity contribution in [2.24, 2.45) is 5.92 Å². The van der Waals surface area contributed by atoms with Gasteiger partial charge in [0, 0.05) is 42.8 Å². The summed E-state index contributed by atoms with van der Waals surface area (Å²) in [6, 6.07) is 12.7. The molecule has 0 aliphatic carbocycles. The second-order valence-corrected chi connectivity index (χ2v) is 19.3. The van der Waals surface area contributed by atoms with Crippen LogP contribution < -0.4 is 35.6 Å². The van der Waals surface area contributed by atoms with Crippen LogP contribution in [0.2, 0.25) is 0 Å². The number of ether oxygens (including phenoxy) is 11. The second-order valence-electron chi connectivity index (χ2n) is 19.0. The highest BCUT2D eigenvalue weighted by molar-refractivity contribution is 6.19. The summed E-state index contributed by atoms with van der Waals surface area (Å²) >= 11 is 6.27. The molecular formula is C54H80ClN5O17.